The molecule has 0 spiro atoms. The number of anilines is 2. The van der Waals surface area contributed by atoms with Crippen LogP contribution < -0.4 is 10.6 Å². The second kappa shape index (κ2) is 9.40. The van der Waals surface area contributed by atoms with E-state index in [-0.39, 0.29) is 18.2 Å². The number of para-hydroxylation sites is 1. The van der Waals surface area contributed by atoms with Gasteiger partial charge in [0.05, 0.1) is 17.4 Å². The number of thioether (sulfide) groups is 1. The summed E-state index contributed by atoms with van der Waals surface area (Å²) < 4.78 is 1.74. The van der Waals surface area contributed by atoms with E-state index in [9.17, 15) is 9.59 Å². The fourth-order valence-electron chi connectivity index (χ4n) is 2.60. The molecule has 8 nitrogen and oxygen atoms in total. The zero-order chi connectivity index (χ0) is 21.8. The number of benzene rings is 1. The van der Waals surface area contributed by atoms with E-state index in [4.69, 9.17) is 0 Å². The van der Waals surface area contributed by atoms with Crippen LogP contribution in [-0.4, -0.2) is 36.8 Å². The maximum Gasteiger partial charge on any atom is 0.239 e. The Morgan fingerprint density at radius 3 is 2.57 bits per heavy atom. The lowest BCUT2D eigenvalue weighted by Crippen LogP contribution is -2.23. The van der Waals surface area contributed by atoms with E-state index in [1.165, 1.54) is 23.1 Å². The Morgan fingerprint density at radius 2 is 1.90 bits per heavy atom. The Labute approximate surface area is 183 Å². The van der Waals surface area contributed by atoms with Gasteiger partial charge in [-0.05, 0) is 39.3 Å². The van der Waals surface area contributed by atoms with Crippen molar-refractivity contribution >= 4 is 45.7 Å². The quantitative estimate of drug-likeness (QED) is 0.541. The molecule has 0 radical (unpaired) electrons. The summed E-state index contributed by atoms with van der Waals surface area (Å²) in [5.41, 5.74) is 2.68. The number of hydrogen-bond acceptors (Lipinski definition) is 7. The number of hydrogen-bond donors (Lipinski definition) is 2. The topological polar surface area (TPSA) is 102 Å². The highest BCUT2D eigenvalue weighted by atomic mass is 32.2. The molecule has 0 saturated heterocycles. The minimum absolute atomic E-state index is 0.0939. The number of carbonyl (C=O) groups excluding carboxylic acids is 2. The van der Waals surface area contributed by atoms with E-state index in [1.54, 1.807) is 18.5 Å². The molecule has 0 aliphatic carbocycles. The fourth-order valence-corrected chi connectivity index (χ4v) is 4.25. The van der Waals surface area contributed by atoms with Crippen LogP contribution in [0.3, 0.4) is 0 Å². The second-order valence-electron chi connectivity index (χ2n) is 6.91. The molecule has 2 amide bonds. The van der Waals surface area contributed by atoms with Crippen LogP contribution in [0.15, 0.2) is 29.4 Å². The van der Waals surface area contributed by atoms with Gasteiger partial charge in [0.1, 0.15) is 5.82 Å². The number of aryl methyl sites for hydroxylation is 3. The van der Waals surface area contributed by atoms with Gasteiger partial charge in [0.25, 0.3) is 0 Å². The summed E-state index contributed by atoms with van der Waals surface area (Å²) in [6, 6.07) is 7.59. The lowest BCUT2D eigenvalue weighted by Gasteiger charge is -2.10. The van der Waals surface area contributed by atoms with Crippen molar-refractivity contribution in [3.8, 4) is 0 Å². The van der Waals surface area contributed by atoms with Gasteiger partial charge in [-0.25, -0.2) is 4.98 Å². The summed E-state index contributed by atoms with van der Waals surface area (Å²) in [6.07, 6.45) is 0.0939. The van der Waals surface area contributed by atoms with Gasteiger partial charge in [0.15, 0.2) is 10.3 Å². The van der Waals surface area contributed by atoms with Crippen LogP contribution in [0.25, 0.3) is 0 Å². The van der Waals surface area contributed by atoms with Gasteiger partial charge in [0, 0.05) is 17.6 Å². The number of aromatic nitrogens is 4. The van der Waals surface area contributed by atoms with Gasteiger partial charge in [-0.1, -0.05) is 30.0 Å². The molecule has 2 N–H and O–H groups in total. The van der Waals surface area contributed by atoms with E-state index >= 15 is 0 Å². The molecule has 158 valence electrons. The fraction of sp³-hybridized carbons (Fsp3) is 0.350. The summed E-state index contributed by atoms with van der Waals surface area (Å²) in [5, 5.41) is 14.8. The van der Waals surface area contributed by atoms with E-state index in [0.29, 0.717) is 16.1 Å². The maximum atomic E-state index is 12.5. The van der Waals surface area contributed by atoms with E-state index in [0.717, 1.165) is 21.8 Å². The number of carbonyl (C=O) groups is 2. The Hall–Kier alpha value is -2.72. The van der Waals surface area contributed by atoms with Gasteiger partial charge in [-0.15, -0.1) is 21.5 Å². The summed E-state index contributed by atoms with van der Waals surface area (Å²) in [7, 11) is 1.79. The number of amides is 2. The molecule has 30 heavy (non-hydrogen) atoms. The summed E-state index contributed by atoms with van der Waals surface area (Å²) in [4.78, 5) is 30.3. The Balaban J connectivity index is 1.59. The van der Waals surface area contributed by atoms with Crippen LogP contribution in [0.4, 0.5) is 10.8 Å². The van der Waals surface area contributed by atoms with Crippen LogP contribution in [0.2, 0.25) is 0 Å². The second-order valence-corrected chi connectivity index (χ2v) is 9.42. The molecule has 0 fully saturated rings. The van der Waals surface area contributed by atoms with Gasteiger partial charge >= 0.3 is 0 Å². The first-order valence-electron chi connectivity index (χ1n) is 9.40. The van der Waals surface area contributed by atoms with Crippen molar-refractivity contribution < 1.29 is 9.59 Å². The number of rotatable bonds is 7. The van der Waals surface area contributed by atoms with Crippen molar-refractivity contribution in [2.45, 2.75) is 44.5 Å². The SMILES string of the molecule is Cc1ccccc1NC(=O)Cc1nnc(SC(C)C(=O)Nc2nc(C)c(C)s2)n1C. The average Bonchev–Trinajstić information content (AvgIpc) is 3.19. The van der Waals surface area contributed by atoms with Crippen molar-refractivity contribution in [2.75, 3.05) is 10.6 Å². The van der Waals surface area contributed by atoms with Gasteiger partial charge in [0.2, 0.25) is 11.8 Å². The Kier molecular flexibility index (Phi) is 6.88. The van der Waals surface area contributed by atoms with E-state index in [1.807, 2.05) is 45.0 Å². The van der Waals surface area contributed by atoms with Crippen LogP contribution in [-0.2, 0) is 23.1 Å². The maximum absolute atomic E-state index is 12.5. The zero-order valence-electron chi connectivity index (χ0n) is 17.5. The molecule has 0 aliphatic rings. The van der Waals surface area contributed by atoms with E-state index in [2.05, 4.69) is 25.8 Å². The van der Waals surface area contributed by atoms with Crippen LogP contribution in [0, 0.1) is 20.8 Å². The standard InChI is InChI=1S/C20H24N6O2S2/c1-11-8-6-7-9-15(11)22-17(27)10-16-24-25-20(26(16)5)30-14(4)18(28)23-19-21-12(2)13(3)29-19/h6-9,14H,10H2,1-5H3,(H,22,27)(H,21,23,28). The molecule has 2 heterocycles. The molecule has 3 rings (SSSR count). The van der Waals surface area contributed by atoms with Crippen molar-refractivity contribution in [2.24, 2.45) is 7.05 Å². The monoisotopic (exact) mass is 444 g/mol. The predicted molar refractivity (Wildman–Crippen MR) is 120 cm³/mol. The first-order chi connectivity index (χ1) is 14.2. The average molecular weight is 445 g/mol. The third-order valence-corrected chi connectivity index (χ3v) is 6.70. The lowest BCUT2D eigenvalue weighted by atomic mass is 10.2. The number of nitrogens with one attached hydrogen (secondary N) is 2. The summed E-state index contributed by atoms with van der Waals surface area (Å²) in [5.74, 6) is 0.203. The highest BCUT2D eigenvalue weighted by molar-refractivity contribution is 8.00. The minimum atomic E-state index is -0.397. The molecule has 3 aromatic rings. The van der Waals surface area contributed by atoms with Crippen LogP contribution in [0.5, 0.6) is 0 Å². The minimum Gasteiger partial charge on any atom is -0.325 e. The molecule has 1 atom stereocenters. The first-order valence-corrected chi connectivity index (χ1v) is 11.1. The molecule has 1 aromatic carbocycles. The Morgan fingerprint density at radius 1 is 1.17 bits per heavy atom. The normalized spacial score (nSPS) is 11.9. The molecular weight excluding hydrogens is 420 g/mol. The molecule has 0 aliphatic heterocycles. The number of thiazole rings is 1. The summed E-state index contributed by atoms with van der Waals surface area (Å²) in [6.45, 7) is 7.62. The van der Waals surface area contributed by atoms with Crippen molar-refractivity contribution in [1.29, 1.82) is 0 Å². The highest BCUT2D eigenvalue weighted by Gasteiger charge is 2.21. The molecule has 0 saturated carbocycles. The smallest absolute Gasteiger partial charge is 0.239 e. The zero-order valence-corrected chi connectivity index (χ0v) is 19.1. The Bertz CT molecular complexity index is 1060. The molecule has 0 bridgehead atoms. The number of nitrogens with zero attached hydrogens (tertiary/aromatic N) is 4. The lowest BCUT2D eigenvalue weighted by molar-refractivity contribution is -0.116. The third-order valence-electron chi connectivity index (χ3n) is 4.57. The van der Waals surface area contributed by atoms with Gasteiger partial charge in [-0.3, -0.25) is 9.59 Å². The van der Waals surface area contributed by atoms with Gasteiger partial charge in [-0.2, -0.15) is 0 Å². The van der Waals surface area contributed by atoms with Crippen LogP contribution >= 0.6 is 23.1 Å². The van der Waals surface area contributed by atoms with E-state index < -0.39 is 5.25 Å². The molecule has 2 aromatic heterocycles. The largest absolute Gasteiger partial charge is 0.325 e. The van der Waals surface area contributed by atoms with Crippen LogP contribution in [0.1, 0.15) is 28.9 Å². The summed E-state index contributed by atoms with van der Waals surface area (Å²) >= 11 is 2.74. The molecule has 1 unspecified atom stereocenters. The predicted octanol–water partition coefficient (Wildman–Crippen LogP) is 3.50. The van der Waals surface area contributed by atoms with Gasteiger partial charge < -0.3 is 15.2 Å². The highest BCUT2D eigenvalue weighted by Crippen LogP contribution is 2.25. The molecular formula is C20H24N6O2S2. The van der Waals surface area contributed by atoms with Crippen molar-refractivity contribution in [3.05, 3.63) is 46.2 Å². The van der Waals surface area contributed by atoms with Crippen molar-refractivity contribution in [3.63, 3.8) is 0 Å². The first kappa shape index (κ1) is 22.0. The molecule has 10 heteroatoms. The third kappa shape index (κ3) is 5.25. The van der Waals surface area contributed by atoms with Crippen molar-refractivity contribution in [1.82, 2.24) is 19.7 Å².